The molecule has 140 valence electrons. The number of aryl methyl sites for hydroxylation is 1. The number of piperidine rings is 1. The van der Waals surface area contributed by atoms with Crippen molar-refractivity contribution >= 4 is 40.3 Å². The molecule has 1 fully saturated rings. The molecule has 0 spiro atoms. The molecule has 8 heteroatoms. The van der Waals surface area contributed by atoms with Gasteiger partial charge in [0.25, 0.3) is 0 Å². The van der Waals surface area contributed by atoms with E-state index in [1.54, 1.807) is 0 Å². The third kappa shape index (κ3) is 4.90. The van der Waals surface area contributed by atoms with Crippen LogP contribution in [0, 0.1) is 16.8 Å². The van der Waals surface area contributed by atoms with Gasteiger partial charge in [0.2, 0.25) is 5.13 Å². The molecule has 1 aliphatic rings. The number of anilines is 2. The molecule has 2 aromatic rings. The molecule has 2 heterocycles. The van der Waals surface area contributed by atoms with E-state index in [9.17, 15) is 4.79 Å². The summed E-state index contributed by atoms with van der Waals surface area (Å²) in [5.41, 5.74) is 2.22. The quantitative estimate of drug-likeness (QED) is 0.583. The number of hydrogen-bond acceptors (Lipinski definition) is 6. The summed E-state index contributed by atoms with van der Waals surface area (Å²) in [5, 5.41) is 8.76. The van der Waals surface area contributed by atoms with Gasteiger partial charge in [0.05, 0.1) is 25.6 Å². The molecule has 1 aromatic heterocycles. The molecule has 0 radical (unpaired) electrons. The Labute approximate surface area is 162 Å². The van der Waals surface area contributed by atoms with Gasteiger partial charge in [-0.2, -0.15) is 4.68 Å². The molecule has 1 aliphatic heterocycles. The van der Waals surface area contributed by atoms with E-state index in [1.807, 2.05) is 23.7 Å². The Hall–Kier alpha value is -1.77. The van der Waals surface area contributed by atoms with E-state index in [1.165, 1.54) is 21.8 Å². The molecule has 1 saturated heterocycles. The standard InChI is InChI=1S/C18H24N4O2S2/c1-3-24-16(23)14-7-9-21(10-8-14)12-22-18(25)26-17(20-22)19-15-6-4-5-13(2)11-15/h4-6,11,14H,3,7-10,12H2,1-2H3,(H,19,20)/p+1. The lowest BCUT2D eigenvalue weighted by Crippen LogP contribution is -3.12. The van der Waals surface area contributed by atoms with E-state index >= 15 is 0 Å². The van der Waals surface area contributed by atoms with Crippen LogP contribution in [0.4, 0.5) is 10.8 Å². The maximum Gasteiger partial charge on any atom is 0.309 e. The van der Waals surface area contributed by atoms with Crippen molar-refractivity contribution in [3.63, 3.8) is 0 Å². The zero-order chi connectivity index (χ0) is 18.5. The van der Waals surface area contributed by atoms with Gasteiger partial charge in [-0.3, -0.25) is 4.79 Å². The molecule has 0 amide bonds. The van der Waals surface area contributed by atoms with E-state index in [-0.39, 0.29) is 11.9 Å². The van der Waals surface area contributed by atoms with Gasteiger partial charge in [0.15, 0.2) is 10.6 Å². The molecule has 0 aliphatic carbocycles. The Bertz CT molecular complexity index is 810. The monoisotopic (exact) mass is 393 g/mol. The number of rotatable bonds is 6. The number of aromatic nitrogens is 2. The van der Waals surface area contributed by atoms with Crippen LogP contribution in [0.2, 0.25) is 0 Å². The Balaban J connectivity index is 1.57. The largest absolute Gasteiger partial charge is 0.466 e. The smallest absolute Gasteiger partial charge is 0.309 e. The second-order valence-electron chi connectivity index (χ2n) is 6.60. The van der Waals surface area contributed by atoms with Gasteiger partial charge in [-0.1, -0.05) is 23.5 Å². The number of likely N-dealkylation sites (tertiary alicyclic amines) is 1. The minimum atomic E-state index is -0.0542. The first-order chi connectivity index (χ1) is 12.5. The zero-order valence-corrected chi connectivity index (χ0v) is 16.8. The zero-order valence-electron chi connectivity index (χ0n) is 15.2. The van der Waals surface area contributed by atoms with Crippen LogP contribution in [0.1, 0.15) is 25.3 Å². The molecule has 6 nitrogen and oxygen atoms in total. The summed E-state index contributed by atoms with van der Waals surface area (Å²) in [6, 6.07) is 8.19. The number of nitrogens with zero attached hydrogens (tertiary/aromatic N) is 2. The Morgan fingerprint density at radius 2 is 2.23 bits per heavy atom. The molecule has 26 heavy (non-hydrogen) atoms. The lowest BCUT2D eigenvalue weighted by Gasteiger charge is -2.27. The van der Waals surface area contributed by atoms with E-state index in [0.717, 1.165) is 47.4 Å². The summed E-state index contributed by atoms with van der Waals surface area (Å²) in [7, 11) is 0. The fourth-order valence-electron chi connectivity index (χ4n) is 3.19. The molecule has 0 atom stereocenters. The van der Waals surface area contributed by atoms with Crippen molar-refractivity contribution in [1.82, 2.24) is 9.78 Å². The number of ether oxygens (including phenoxy) is 1. The summed E-state index contributed by atoms with van der Waals surface area (Å²) in [6.45, 7) is 6.98. The maximum absolute atomic E-state index is 11.8. The van der Waals surface area contributed by atoms with Gasteiger partial charge in [0, 0.05) is 18.5 Å². The van der Waals surface area contributed by atoms with E-state index < -0.39 is 0 Å². The Kier molecular flexibility index (Phi) is 6.39. The van der Waals surface area contributed by atoms with Crippen molar-refractivity contribution in [2.24, 2.45) is 5.92 Å². The molecule has 3 rings (SSSR count). The van der Waals surface area contributed by atoms with Gasteiger partial charge in [-0.15, -0.1) is 5.10 Å². The number of quaternary nitrogens is 1. The van der Waals surface area contributed by atoms with E-state index in [2.05, 4.69) is 29.5 Å². The third-order valence-corrected chi connectivity index (χ3v) is 5.78. The van der Waals surface area contributed by atoms with E-state index in [0.29, 0.717) is 6.61 Å². The third-order valence-electron chi connectivity index (χ3n) is 4.56. The highest BCUT2D eigenvalue weighted by molar-refractivity contribution is 7.73. The maximum atomic E-state index is 11.8. The first-order valence-electron chi connectivity index (χ1n) is 8.97. The lowest BCUT2D eigenvalue weighted by atomic mass is 9.97. The van der Waals surface area contributed by atoms with Crippen molar-refractivity contribution in [2.45, 2.75) is 33.4 Å². The van der Waals surface area contributed by atoms with Crippen LogP contribution in [0.5, 0.6) is 0 Å². The molecular weight excluding hydrogens is 368 g/mol. The fraction of sp³-hybridized carbons (Fsp3) is 0.500. The summed E-state index contributed by atoms with van der Waals surface area (Å²) in [6.07, 6.45) is 1.72. The fourth-order valence-corrected chi connectivity index (χ4v) is 4.22. The average Bonchev–Trinajstić information content (AvgIpc) is 2.95. The van der Waals surface area contributed by atoms with Gasteiger partial charge in [-0.05, 0) is 43.8 Å². The second-order valence-corrected chi connectivity index (χ2v) is 8.22. The minimum absolute atomic E-state index is 0.0423. The van der Waals surface area contributed by atoms with Gasteiger partial charge >= 0.3 is 5.97 Å². The molecule has 0 unspecified atom stereocenters. The van der Waals surface area contributed by atoms with Crippen LogP contribution < -0.4 is 10.2 Å². The molecular formula is C18H25N4O2S2+. The van der Waals surface area contributed by atoms with Crippen molar-refractivity contribution in [2.75, 3.05) is 25.0 Å². The normalized spacial score (nSPS) is 19.9. The average molecular weight is 394 g/mol. The van der Waals surface area contributed by atoms with Gasteiger partial charge in [0.1, 0.15) is 0 Å². The van der Waals surface area contributed by atoms with Crippen molar-refractivity contribution < 1.29 is 14.4 Å². The van der Waals surface area contributed by atoms with Gasteiger partial charge < -0.3 is 15.0 Å². The number of esters is 1. The van der Waals surface area contributed by atoms with Crippen LogP contribution in [-0.4, -0.2) is 35.4 Å². The SMILES string of the molecule is CCOC(=O)C1CC[NH+](Cn2nc(Nc3cccc(C)c3)sc2=S)CC1. The van der Waals surface area contributed by atoms with Crippen LogP contribution in [-0.2, 0) is 16.2 Å². The summed E-state index contributed by atoms with van der Waals surface area (Å²) in [4.78, 5) is 13.2. The highest BCUT2D eigenvalue weighted by Crippen LogP contribution is 2.20. The van der Waals surface area contributed by atoms with Gasteiger partial charge in [-0.25, -0.2) is 0 Å². The van der Waals surface area contributed by atoms with Crippen molar-refractivity contribution in [3.05, 3.63) is 33.8 Å². The van der Waals surface area contributed by atoms with Crippen LogP contribution >= 0.6 is 23.6 Å². The highest BCUT2D eigenvalue weighted by Gasteiger charge is 2.28. The van der Waals surface area contributed by atoms with Crippen molar-refractivity contribution in [3.8, 4) is 0 Å². The summed E-state index contributed by atoms with van der Waals surface area (Å²) in [5.74, 6) is -0.0119. The molecule has 2 N–H and O–H groups in total. The molecule has 0 bridgehead atoms. The minimum Gasteiger partial charge on any atom is -0.466 e. The van der Waals surface area contributed by atoms with Crippen LogP contribution in [0.15, 0.2) is 24.3 Å². The van der Waals surface area contributed by atoms with E-state index in [4.69, 9.17) is 17.0 Å². The number of benzene rings is 1. The Morgan fingerprint density at radius 3 is 2.92 bits per heavy atom. The molecule has 1 aromatic carbocycles. The Morgan fingerprint density at radius 1 is 1.46 bits per heavy atom. The number of carbonyl (C=O) groups excluding carboxylic acids is 1. The number of hydrogen-bond donors (Lipinski definition) is 2. The first-order valence-corrected chi connectivity index (χ1v) is 10.2. The van der Waals surface area contributed by atoms with Crippen LogP contribution in [0.25, 0.3) is 0 Å². The first kappa shape index (κ1) is 19.0. The van der Waals surface area contributed by atoms with Crippen LogP contribution in [0.3, 0.4) is 0 Å². The topological polar surface area (TPSA) is 60.6 Å². The second kappa shape index (κ2) is 8.75. The predicted molar refractivity (Wildman–Crippen MR) is 105 cm³/mol. The highest BCUT2D eigenvalue weighted by atomic mass is 32.1. The number of nitrogens with one attached hydrogen (secondary N) is 2. The molecule has 0 saturated carbocycles. The summed E-state index contributed by atoms with van der Waals surface area (Å²) >= 11 is 6.96. The summed E-state index contributed by atoms with van der Waals surface area (Å²) < 4.78 is 7.78. The lowest BCUT2D eigenvalue weighted by molar-refractivity contribution is -0.928. The van der Waals surface area contributed by atoms with Crippen molar-refractivity contribution in [1.29, 1.82) is 0 Å². The predicted octanol–water partition coefficient (Wildman–Crippen LogP) is 2.54. The number of carbonyl (C=O) groups is 1.